The molecule has 0 amide bonds. The third-order valence-corrected chi connectivity index (χ3v) is 7.04. The molecule has 6 nitrogen and oxygen atoms in total. The predicted octanol–water partition coefficient (Wildman–Crippen LogP) is 1.78. The van der Waals surface area contributed by atoms with Crippen LogP contribution < -0.4 is 0 Å². The largest absolute Gasteiger partial charge is 0.480 e. The van der Waals surface area contributed by atoms with E-state index in [1.807, 2.05) is 35.2 Å². The quantitative estimate of drug-likeness (QED) is 0.842. The second-order valence-corrected chi connectivity index (χ2v) is 8.54. The number of rotatable bonds is 6. The zero-order chi connectivity index (χ0) is 17.7. The topological polar surface area (TPSA) is 77.9 Å². The summed E-state index contributed by atoms with van der Waals surface area (Å²) in [5.74, 6) is -1.12. The van der Waals surface area contributed by atoms with E-state index in [0.29, 0.717) is 13.0 Å². The maximum absolute atomic E-state index is 13.0. The molecule has 0 radical (unpaired) electrons. The Kier molecular flexibility index (Phi) is 6.37. The normalized spacial score (nSPS) is 21.4. The van der Waals surface area contributed by atoms with Crippen molar-refractivity contribution in [1.29, 1.82) is 0 Å². The third-order valence-electron chi connectivity index (χ3n) is 4.69. The fraction of sp³-hybridized carbons (Fsp3) is 0.588. The van der Waals surface area contributed by atoms with E-state index >= 15 is 0 Å². The summed E-state index contributed by atoms with van der Waals surface area (Å²) < 4.78 is 27.1. The van der Waals surface area contributed by atoms with Crippen LogP contribution in [0.1, 0.15) is 31.2 Å². The van der Waals surface area contributed by atoms with Crippen LogP contribution in [-0.4, -0.2) is 60.8 Å². The first-order valence-corrected chi connectivity index (χ1v) is 9.78. The van der Waals surface area contributed by atoms with Crippen molar-refractivity contribution in [3.05, 3.63) is 35.9 Å². The second kappa shape index (κ2) is 8.09. The van der Waals surface area contributed by atoms with Gasteiger partial charge in [0, 0.05) is 7.05 Å². The highest BCUT2D eigenvalue weighted by molar-refractivity contribution is 7.89. The maximum atomic E-state index is 13.0. The monoisotopic (exact) mass is 354 g/mol. The number of benzene rings is 1. The first-order valence-electron chi connectivity index (χ1n) is 8.28. The SMILES string of the molecule is CN1CCCCCC1S(=O)(=O)N(C)[C@H](Cc1ccccc1)C(=O)O. The molecule has 1 unspecified atom stereocenters. The Labute approximate surface area is 144 Å². The molecule has 1 aromatic carbocycles. The van der Waals surface area contributed by atoms with Gasteiger partial charge < -0.3 is 5.11 Å². The van der Waals surface area contributed by atoms with Crippen molar-refractivity contribution in [3.8, 4) is 0 Å². The third kappa shape index (κ3) is 4.34. The van der Waals surface area contributed by atoms with Gasteiger partial charge in [-0.25, -0.2) is 8.42 Å². The minimum absolute atomic E-state index is 0.155. The minimum atomic E-state index is -3.72. The molecule has 1 heterocycles. The van der Waals surface area contributed by atoms with Crippen molar-refractivity contribution in [2.45, 2.75) is 43.5 Å². The number of aliphatic carboxylic acids is 1. The lowest BCUT2D eigenvalue weighted by molar-refractivity contribution is -0.141. The lowest BCUT2D eigenvalue weighted by Crippen LogP contribution is -2.51. The van der Waals surface area contributed by atoms with Crippen molar-refractivity contribution in [2.24, 2.45) is 0 Å². The van der Waals surface area contributed by atoms with Crippen LogP contribution in [-0.2, 0) is 21.2 Å². The Morgan fingerprint density at radius 3 is 2.58 bits per heavy atom. The molecule has 7 heteroatoms. The van der Waals surface area contributed by atoms with Gasteiger partial charge in [-0.1, -0.05) is 43.2 Å². The number of nitrogens with zero attached hydrogens (tertiary/aromatic N) is 2. The number of carboxylic acids is 1. The van der Waals surface area contributed by atoms with Crippen LogP contribution in [0.4, 0.5) is 0 Å². The second-order valence-electron chi connectivity index (χ2n) is 6.39. The van der Waals surface area contributed by atoms with Crippen LogP contribution in [0.5, 0.6) is 0 Å². The van der Waals surface area contributed by atoms with Crippen LogP contribution in [0, 0.1) is 0 Å². The maximum Gasteiger partial charge on any atom is 0.322 e. The molecular weight excluding hydrogens is 328 g/mol. The summed E-state index contributed by atoms with van der Waals surface area (Å²) in [6, 6.07) is 8.01. The summed E-state index contributed by atoms with van der Waals surface area (Å²) in [6.45, 7) is 0.716. The van der Waals surface area contributed by atoms with Gasteiger partial charge in [-0.15, -0.1) is 0 Å². The fourth-order valence-electron chi connectivity index (χ4n) is 3.18. The summed E-state index contributed by atoms with van der Waals surface area (Å²) >= 11 is 0. The predicted molar refractivity (Wildman–Crippen MR) is 93.1 cm³/mol. The molecule has 134 valence electrons. The van der Waals surface area contributed by atoms with E-state index in [4.69, 9.17) is 0 Å². The Morgan fingerprint density at radius 2 is 1.96 bits per heavy atom. The van der Waals surface area contributed by atoms with Crippen molar-refractivity contribution in [2.75, 3.05) is 20.6 Å². The smallest absolute Gasteiger partial charge is 0.322 e. The average molecular weight is 354 g/mol. The molecule has 0 bridgehead atoms. The van der Waals surface area contributed by atoms with Crippen molar-refractivity contribution in [1.82, 2.24) is 9.21 Å². The Bertz CT molecular complexity index is 648. The molecule has 2 atom stereocenters. The van der Waals surface area contributed by atoms with Crippen molar-refractivity contribution in [3.63, 3.8) is 0 Å². The van der Waals surface area contributed by atoms with Crippen LogP contribution in [0.25, 0.3) is 0 Å². The first-order chi connectivity index (χ1) is 11.3. The van der Waals surface area contributed by atoms with E-state index in [1.54, 1.807) is 7.05 Å². The number of likely N-dealkylation sites (N-methyl/N-ethyl adjacent to an activating group) is 1. The molecule has 24 heavy (non-hydrogen) atoms. The van der Waals surface area contributed by atoms with Gasteiger partial charge in [-0.05, 0) is 38.4 Å². The number of likely N-dealkylation sites (tertiary alicyclic amines) is 1. The van der Waals surface area contributed by atoms with Gasteiger partial charge in [0.2, 0.25) is 10.0 Å². The summed E-state index contributed by atoms with van der Waals surface area (Å²) in [4.78, 5) is 13.5. The van der Waals surface area contributed by atoms with Crippen LogP contribution in [0.2, 0.25) is 0 Å². The standard InChI is InChI=1S/C17H26N2O4S/c1-18-12-8-4-7-11-16(18)24(22,23)19(2)15(17(20)21)13-14-9-5-3-6-10-14/h3,5-6,9-10,15-16H,4,7-8,11-13H2,1-2H3,(H,20,21)/t15-,16?/m1/s1. The highest BCUT2D eigenvalue weighted by atomic mass is 32.2. The van der Waals surface area contributed by atoms with E-state index in [1.165, 1.54) is 7.05 Å². The van der Waals surface area contributed by atoms with Gasteiger partial charge in [0.05, 0.1) is 0 Å². The lowest BCUT2D eigenvalue weighted by Gasteiger charge is -2.32. The minimum Gasteiger partial charge on any atom is -0.480 e. The zero-order valence-electron chi connectivity index (χ0n) is 14.3. The van der Waals surface area contributed by atoms with Crippen LogP contribution in [0.3, 0.4) is 0 Å². The summed E-state index contributed by atoms with van der Waals surface area (Å²) in [6.07, 6.45) is 3.52. The molecule has 1 aliphatic heterocycles. The average Bonchev–Trinajstić information content (AvgIpc) is 2.77. The molecule has 0 spiro atoms. The molecule has 0 saturated carbocycles. The number of sulfonamides is 1. The van der Waals surface area contributed by atoms with Crippen molar-refractivity contribution >= 4 is 16.0 Å². The molecule has 2 rings (SSSR count). The molecule has 1 fully saturated rings. The summed E-state index contributed by atoms with van der Waals surface area (Å²) in [5, 5.41) is 8.92. The van der Waals surface area contributed by atoms with E-state index in [-0.39, 0.29) is 6.42 Å². The summed E-state index contributed by atoms with van der Waals surface area (Å²) in [7, 11) is -0.536. The molecule has 0 aromatic heterocycles. The van der Waals surface area contributed by atoms with Gasteiger partial charge in [0.15, 0.2) is 0 Å². The molecular formula is C17H26N2O4S. The number of hydrogen-bond donors (Lipinski definition) is 1. The number of carbonyl (C=O) groups is 1. The molecule has 1 aromatic rings. The van der Waals surface area contributed by atoms with Gasteiger partial charge in [0.25, 0.3) is 0 Å². The van der Waals surface area contributed by atoms with Gasteiger partial charge in [0.1, 0.15) is 11.4 Å². The Balaban J connectivity index is 2.24. The fourth-order valence-corrected chi connectivity index (χ4v) is 5.10. The van der Waals surface area contributed by atoms with E-state index in [0.717, 1.165) is 29.1 Å². The number of hydrogen-bond acceptors (Lipinski definition) is 4. The molecule has 1 N–H and O–H groups in total. The zero-order valence-corrected chi connectivity index (χ0v) is 15.1. The van der Waals surface area contributed by atoms with E-state index < -0.39 is 27.4 Å². The Morgan fingerprint density at radius 1 is 1.29 bits per heavy atom. The molecule has 1 saturated heterocycles. The van der Waals surface area contributed by atoms with Gasteiger partial charge in [-0.3, -0.25) is 9.69 Å². The van der Waals surface area contributed by atoms with Crippen LogP contribution >= 0.6 is 0 Å². The molecule has 0 aliphatic carbocycles. The van der Waals surface area contributed by atoms with Gasteiger partial charge in [-0.2, -0.15) is 4.31 Å². The lowest BCUT2D eigenvalue weighted by atomic mass is 10.1. The highest BCUT2D eigenvalue weighted by Gasteiger charge is 2.39. The van der Waals surface area contributed by atoms with E-state index in [9.17, 15) is 18.3 Å². The molecule has 1 aliphatic rings. The highest BCUT2D eigenvalue weighted by Crippen LogP contribution is 2.24. The number of carboxylic acid groups (broad SMARTS) is 1. The van der Waals surface area contributed by atoms with Crippen LogP contribution in [0.15, 0.2) is 30.3 Å². The van der Waals surface area contributed by atoms with E-state index in [2.05, 4.69) is 0 Å². The van der Waals surface area contributed by atoms with Gasteiger partial charge >= 0.3 is 5.97 Å². The summed E-state index contributed by atoms with van der Waals surface area (Å²) in [5.41, 5.74) is 0.807. The first kappa shape index (κ1) is 18.9. The van der Waals surface area contributed by atoms with Crippen molar-refractivity contribution < 1.29 is 18.3 Å². The Hall–Kier alpha value is -1.44.